The second kappa shape index (κ2) is 7.25. The Balaban J connectivity index is 1.75. The molecule has 2 aliphatic carbocycles. The number of hydrogen-bond donors (Lipinski definition) is 2. The predicted molar refractivity (Wildman–Crippen MR) is 81.0 cm³/mol. The van der Waals surface area contributed by atoms with Crippen molar-refractivity contribution in [3.05, 3.63) is 0 Å². The van der Waals surface area contributed by atoms with Crippen LogP contribution < -0.4 is 5.32 Å². The maximum atomic E-state index is 12.1. The molecule has 2 N–H and O–H groups in total. The minimum absolute atomic E-state index is 0.0161. The molecule has 0 atom stereocenters. The number of rotatable bonds is 8. The lowest BCUT2D eigenvalue weighted by molar-refractivity contribution is -0.141. The molecule has 0 bridgehead atoms. The van der Waals surface area contributed by atoms with E-state index in [2.05, 4.69) is 17.3 Å². The number of amides is 1. The van der Waals surface area contributed by atoms with Gasteiger partial charge in [-0.15, -0.1) is 0 Å². The summed E-state index contributed by atoms with van der Waals surface area (Å²) in [5.74, 6) is -0.763. The summed E-state index contributed by atoms with van der Waals surface area (Å²) in [5, 5.41) is 12.1. The summed E-state index contributed by atoms with van der Waals surface area (Å²) >= 11 is 0. The van der Waals surface area contributed by atoms with Gasteiger partial charge >= 0.3 is 5.97 Å². The number of hydrogen-bond acceptors (Lipinski definition) is 3. The zero-order chi connectivity index (χ0) is 15.3. The number of nitrogens with one attached hydrogen (secondary N) is 1. The van der Waals surface area contributed by atoms with Crippen LogP contribution in [0.25, 0.3) is 0 Å². The van der Waals surface area contributed by atoms with E-state index in [0.717, 1.165) is 38.6 Å². The molecule has 21 heavy (non-hydrogen) atoms. The molecule has 0 unspecified atom stereocenters. The number of carbonyl (C=O) groups excluding carboxylic acids is 1. The van der Waals surface area contributed by atoms with Crippen LogP contribution in [0.3, 0.4) is 0 Å². The van der Waals surface area contributed by atoms with Crippen molar-refractivity contribution in [3.63, 3.8) is 0 Å². The van der Waals surface area contributed by atoms with E-state index < -0.39 is 5.97 Å². The fourth-order valence-corrected chi connectivity index (χ4v) is 3.51. The Morgan fingerprint density at radius 3 is 2.43 bits per heavy atom. The van der Waals surface area contributed by atoms with Gasteiger partial charge in [-0.25, -0.2) is 0 Å². The van der Waals surface area contributed by atoms with E-state index in [1.54, 1.807) is 0 Å². The van der Waals surface area contributed by atoms with Gasteiger partial charge in [-0.05, 0) is 38.1 Å². The summed E-state index contributed by atoms with van der Waals surface area (Å²) in [7, 11) is 2.09. The van der Waals surface area contributed by atoms with Gasteiger partial charge < -0.3 is 15.3 Å². The molecule has 5 nitrogen and oxygen atoms in total. The Kier molecular flexibility index (Phi) is 5.62. The van der Waals surface area contributed by atoms with Crippen molar-refractivity contribution in [2.24, 2.45) is 5.41 Å². The van der Waals surface area contributed by atoms with Crippen LogP contribution in [0.15, 0.2) is 0 Å². The zero-order valence-electron chi connectivity index (χ0n) is 13.1. The molecule has 0 aromatic heterocycles. The molecule has 0 saturated heterocycles. The normalized spacial score (nSPS) is 21.2. The quantitative estimate of drug-likeness (QED) is 0.719. The van der Waals surface area contributed by atoms with Crippen LogP contribution in [0.4, 0.5) is 0 Å². The largest absolute Gasteiger partial charge is 0.481 e. The average molecular weight is 296 g/mol. The third-order valence-corrected chi connectivity index (χ3v) is 4.93. The van der Waals surface area contributed by atoms with E-state index in [0.29, 0.717) is 19.0 Å². The fraction of sp³-hybridized carbons (Fsp3) is 0.875. The minimum atomic E-state index is -0.779. The maximum Gasteiger partial charge on any atom is 0.303 e. The van der Waals surface area contributed by atoms with Crippen molar-refractivity contribution >= 4 is 11.9 Å². The number of carboxylic acids is 1. The van der Waals surface area contributed by atoms with E-state index in [-0.39, 0.29) is 17.7 Å². The van der Waals surface area contributed by atoms with Crippen LogP contribution >= 0.6 is 0 Å². The van der Waals surface area contributed by atoms with Crippen LogP contribution in [-0.4, -0.2) is 48.1 Å². The van der Waals surface area contributed by atoms with Gasteiger partial charge in [0.2, 0.25) is 5.91 Å². The van der Waals surface area contributed by atoms with Crippen molar-refractivity contribution in [2.75, 3.05) is 20.1 Å². The highest BCUT2D eigenvalue weighted by Gasteiger charge is 2.36. The number of carboxylic acid groups (broad SMARTS) is 1. The predicted octanol–water partition coefficient (Wildman–Crippen LogP) is 2.01. The maximum absolute atomic E-state index is 12.1. The number of likely N-dealkylation sites (N-methyl/N-ethyl adjacent to an activating group) is 1. The molecule has 0 spiro atoms. The first-order chi connectivity index (χ1) is 10.0. The summed E-state index contributed by atoms with van der Waals surface area (Å²) in [4.78, 5) is 25.5. The van der Waals surface area contributed by atoms with Crippen LogP contribution in [-0.2, 0) is 9.59 Å². The summed E-state index contributed by atoms with van der Waals surface area (Å²) in [6.07, 6.45) is 8.03. The molecular weight excluding hydrogens is 268 g/mol. The molecule has 2 rings (SSSR count). The fourth-order valence-electron chi connectivity index (χ4n) is 3.51. The molecule has 2 saturated carbocycles. The van der Waals surface area contributed by atoms with Crippen LogP contribution in [0, 0.1) is 5.41 Å². The molecule has 2 fully saturated rings. The molecule has 0 radical (unpaired) electrons. The highest BCUT2D eigenvalue weighted by molar-refractivity contribution is 5.78. The standard InChI is InChI=1S/C16H28N2O3/c1-18(13-5-6-13)10-9-17-14(19)11-16(12-15(20)21)7-3-2-4-8-16/h13H,2-12H2,1H3,(H,17,19)(H,20,21). The van der Waals surface area contributed by atoms with E-state index >= 15 is 0 Å². The molecule has 5 heteroatoms. The van der Waals surface area contributed by atoms with Crippen molar-refractivity contribution in [1.29, 1.82) is 0 Å². The molecular formula is C16H28N2O3. The van der Waals surface area contributed by atoms with Crippen molar-refractivity contribution in [1.82, 2.24) is 10.2 Å². The summed E-state index contributed by atoms with van der Waals surface area (Å²) in [6, 6.07) is 0.707. The SMILES string of the molecule is CN(CCNC(=O)CC1(CC(=O)O)CCCCC1)C1CC1. The van der Waals surface area contributed by atoms with Crippen molar-refractivity contribution in [2.45, 2.75) is 63.8 Å². The lowest BCUT2D eigenvalue weighted by atomic mass is 9.69. The minimum Gasteiger partial charge on any atom is -0.481 e. The summed E-state index contributed by atoms with van der Waals surface area (Å²) in [6.45, 7) is 1.54. The van der Waals surface area contributed by atoms with Crippen molar-refractivity contribution < 1.29 is 14.7 Å². The number of aliphatic carboxylic acids is 1. The molecule has 2 aliphatic rings. The number of nitrogens with zero attached hydrogens (tertiary/aromatic N) is 1. The molecule has 1 amide bonds. The lowest BCUT2D eigenvalue weighted by Crippen LogP contribution is -2.38. The molecule has 0 aliphatic heterocycles. The molecule has 0 aromatic carbocycles. The highest BCUT2D eigenvalue weighted by atomic mass is 16.4. The third-order valence-electron chi connectivity index (χ3n) is 4.93. The second-order valence-corrected chi connectivity index (χ2v) is 6.87. The smallest absolute Gasteiger partial charge is 0.303 e. The van der Waals surface area contributed by atoms with Gasteiger partial charge in [-0.1, -0.05) is 19.3 Å². The van der Waals surface area contributed by atoms with Gasteiger partial charge in [-0.3, -0.25) is 9.59 Å². The Labute approximate surface area is 127 Å². The van der Waals surface area contributed by atoms with Gasteiger partial charge in [-0.2, -0.15) is 0 Å². The monoisotopic (exact) mass is 296 g/mol. The van der Waals surface area contributed by atoms with E-state index in [4.69, 9.17) is 5.11 Å². The summed E-state index contributed by atoms with van der Waals surface area (Å²) < 4.78 is 0. The first kappa shape index (κ1) is 16.3. The Bertz CT molecular complexity index is 374. The lowest BCUT2D eigenvalue weighted by Gasteiger charge is -2.35. The third kappa shape index (κ3) is 5.30. The Hall–Kier alpha value is -1.10. The Morgan fingerprint density at radius 1 is 1.19 bits per heavy atom. The number of carbonyl (C=O) groups is 2. The molecule has 120 valence electrons. The Morgan fingerprint density at radius 2 is 1.86 bits per heavy atom. The first-order valence-electron chi connectivity index (χ1n) is 8.19. The van der Waals surface area contributed by atoms with Crippen LogP contribution in [0.1, 0.15) is 57.8 Å². The van der Waals surface area contributed by atoms with Gasteiger partial charge in [0.15, 0.2) is 0 Å². The summed E-state index contributed by atoms with van der Waals surface area (Å²) in [5.41, 5.74) is -0.309. The van der Waals surface area contributed by atoms with Crippen LogP contribution in [0.2, 0.25) is 0 Å². The van der Waals surface area contributed by atoms with Gasteiger partial charge in [0, 0.05) is 25.6 Å². The van der Waals surface area contributed by atoms with Gasteiger partial charge in [0.05, 0.1) is 6.42 Å². The van der Waals surface area contributed by atoms with Crippen molar-refractivity contribution in [3.8, 4) is 0 Å². The molecule has 0 heterocycles. The van der Waals surface area contributed by atoms with Crippen LogP contribution in [0.5, 0.6) is 0 Å². The average Bonchev–Trinajstić information content (AvgIpc) is 3.22. The first-order valence-corrected chi connectivity index (χ1v) is 8.19. The highest BCUT2D eigenvalue weighted by Crippen LogP contribution is 2.42. The van der Waals surface area contributed by atoms with Gasteiger partial charge in [0.25, 0.3) is 0 Å². The van der Waals surface area contributed by atoms with E-state index in [9.17, 15) is 9.59 Å². The van der Waals surface area contributed by atoms with Gasteiger partial charge in [0.1, 0.15) is 0 Å². The van der Waals surface area contributed by atoms with E-state index in [1.807, 2.05) is 0 Å². The topological polar surface area (TPSA) is 69.6 Å². The van der Waals surface area contributed by atoms with E-state index in [1.165, 1.54) is 12.8 Å². The second-order valence-electron chi connectivity index (χ2n) is 6.87. The molecule has 0 aromatic rings. The zero-order valence-corrected chi connectivity index (χ0v) is 13.1.